The Morgan fingerprint density at radius 2 is 1.39 bits per heavy atom. The van der Waals surface area contributed by atoms with Crippen LogP contribution in [0, 0.1) is 13.8 Å². The van der Waals surface area contributed by atoms with Crippen LogP contribution in [0.2, 0.25) is 5.02 Å². The molecule has 0 bridgehead atoms. The SMILES string of the molecule is Cc1ccc(N(CC(=O)N(Cc2ccccc2)[C@H](Cc2ccccc2)C(=O)NC(C)C)S(=O)(=O)c2ccc(Cl)cc2)cc1C. The number of halogens is 1. The molecule has 0 unspecified atom stereocenters. The molecule has 44 heavy (non-hydrogen) atoms. The summed E-state index contributed by atoms with van der Waals surface area (Å²) in [5, 5.41) is 3.36. The number of carbonyl (C=O) groups is 2. The number of sulfonamides is 1. The fourth-order valence-corrected chi connectivity index (χ4v) is 6.39. The number of aryl methyl sites for hydroxylation is 2. The van der Waals surface area contributed by atoms with Gasteiger partial charge in [-0.05, 0) is 86.3 Å². The van der Waals surface area contributed by atoms with E-state index in [1.54, 1.807) is 12.1 Å². The summed E-state index contributed by atoms with van der Waals surface area (Å²) in [7, 11) is -4.20. The molecule has 0 radical (unpaired) electrons. The molecule has 4 rings (SSSR count). The Labute approximate surface area is 265 Å². The third-order valence-corrected chi connectivity index (χ3v) is 9.40. The highest BCUT2D eigenvalue weighted by molar-refractivity contribution is 7.92. The van der Waals surface area contributed by atoms with Crippen molar-refractivity contribution in [3.05, 3.63) is 130 Å². The Bertz CT molecular complexity index is 1680. The Morgan fingerprint density at radius 3 is 1.95 bits per heavy atom. The third kappa shape index (κ3) is 8.27. The first kappa shape index (κ1) is 32.8. The van der Waals surface area contributed by atoms with Gasteiger partial charge in [-0.2, -0.15) is 0 Å². The summed E-state index contributed by atoms with van der Waals surface area (Å²) in [6.45, 7) is 7.15. The van der Waals surface area contributed by atoms with Crippen molar-refractivity contribution in [3.8, 4) is 0 Å². The van der Waals surface area contributed by atoms with Crippen LogP contribution in [0.5, 0.6) is 0 Å². The van der Waals surface area contributed by atoms with Crippen LogP contribution < -0.4 is 9.62 Å². The van der Waals surface area contributed by atoms with Crippen molar-refractivity contribution < 1.29 is 18.0 Å². The molecule has 0 heterocycles. The molecule has 230 valence electrons. The molecule has 0 aliphatic heterocycles. The van der Waals surface area contributed by atoms with Gasteiger partial charge in [-0.15, -0.1) is 0 Å². The zero-order valence-electron chi connectivity index (χ0n) is 25.4. The van der Waals surface area contributed by atoms with Crippen molar-refractivity contribution in [3.63, 3.8) is 0 Å². The number of hydrogen-bond acceptors (Lipinski definition) is 4. The zero-order valence-corrected chi connectivity index (χ0v) is 27.0. The molecule has 2 amide bonds. The minimum atomic E-state index is -4.20. The molecule has 0 spiro atoms. The Balaban J connectivity index is 1.81. The summed E-state index contributed by atoms with van der Waals surface area (Å²) >= 11 is 6.06. The largest absolute Gasteiger partial charge is 0.352 e. The average molecular weight is 632 g/mol. The lowest BCUT2D eigenvalue weighted by atomic mass is 10.0. The van der Waals surface area contributed by atoms with E-state index in [0.717, 1.165) is 26.6 Å². The predicted molar refractivity (Wildman–Crippen MR) is 176 cm³/mol. The maximum Gasteiger partial charge on any atom is 0.264 e. The van der Waals surface area contributed by atoms with Gasteiger partial charge in [0, 0.05) is 24.0 Å². The smallest absolute Gasteiger partial charge is 0.264 e. The van der Waals surface area contributed by atoms with E-state index in [-0.39, 0.29) is 29.8 Å². The van der Waals surface area contributed by atoms with Gasteiger partial charge >= 0.3 is 0 Å². The molecule has 7 nitrogen and oxygen atoms in total. The van der Waals surface area contributed by atoms with Crippen molar-refractivity contribution in [2.24, 2.45) is 0 Å². The lowest BCUT2D eigenvalue weighted by Gasteiger charge is -2.34. The second-order valence-electron chi connectivity index (χ2n) is 11.1. The van der Waals surface area contributed by atoms with Gasteiger partial charge in [0.1, 0.15) is 12.6 Å². The monoisotopic (exact) mass is 631 g/mol. The normalized spacial score (nSPS) is 12.0. The number of nitrogens with one attached hydrogen (secondary N) is 1. The molecule has 0 saturated carbocycles. The van der Waals surface area contributed by atoms with Crippen molar-refractivity contribution in [2.75, 3.05) is 10.8 Å². The van der Waals surface area contributed by atoms with E-state index in [1.807, 2.05) is 94.4 Å². The van der Waals surface area contributed by atoms with Gasteiger partial charge in [-0.3, -0.25) is 13.9 Å². The fraction of sp³-hybridized carbons (Fsp3) is 0.257. The Kier molecular flexibility index (Phi) is 10.8. The van der Waals surface area contributed by atoms with Crippen LogP contribution >= 0.6 is 11.6 Å². The molecule has 0 saturated heterocycles. The minimum Gasteiger partial charge on any atom is -0.352 e. The molecule has 4 aromatic carbocycles. The maximum atomic E-state index is 14.5. The highest BCUT2D eigenvalue weighted by Gasteiger charge is 2.35. The minimum absolute atomic E-state index is 0.000855. The standard InChI is InChI=1S/C35H38ClN3O4S/c1-25(2)37-35(41)33(22-28-11-7-5-8-12-28)38(23-29-13-9-6-10-14-29)34(40)24-39(31-18-15-26(3)27(4)21-31)44(42,43)32-19-16-30(36)17-20-32/h5-21,25,33H,22-24H2,1-4H3,(H,37,41)/t33-/m1/s1. The lowest BCUT2D eigenvalue weighted by molar-refractivity contribution is -0.140. The number of amides is 2. The summed E-state index contributed by atoms with van der Waals surface area (Å²) < 4.78 is 29.4. The van der Waals surface area contributed by atoms with E-state index >= 15 is 0 Å². The van der Waals surface area contributed by atoms with Crippen molar-refractivity contribution >= 4 is 39.1 Å². The molecule has 1 N–H and O–H groups in total. The van der Waals surface area contributed by atoms with Gasteiger partial charge in [0.25, 0.3) is 10.0 Å². The maximum absolute atomic E-state index is 14.5. The predicted octanol–water partition coefficient (Wildman–Crippen LogP) is 6.32. The first-order chi connectivity index (χ1) is 21.0. The fourth-order valence-electron chi connectivity index (χ4n) is 4.86. The van der Waals surface area contributed by atoms with E-state index in [1.165, 1.54) is 29.2 Å². The van der Waals surface area contributed by atoms with E-state index in [2.05, 4.69) is 5.32 Å². The third-order valence-electron chi connectivity index (χ3n) is 7.36. The number of anilines is 1. The Morgan fingerprint density at radius 1 is 0.795 bits per heavy atom. The molecule has 9 heteroatoms. The second-order valence-corrected chi connectivity index (χ2v) is 13.4. The van der Waals surface area contributed by atoms with Crippen LogP contribution in [-0.4, -0.2) is 43.8 Å². The number of hydrogen-bond donors (Lipinski definition) is 1. The van der Waals surface area contributed by atoms with Gasteiger partial charge in [0.05, 0.1) is 10.6 Å². The van der Waals surface area contributed by atoms with Crippen LogP contribution in [0.3, 0.4) is 0 Å². The molecule has 1 atom stereocenters. The summed E-state index contributed by atoms with van der Waals surface area (Å²) in [5.41, 5.74) is 3.91. The number of rotatable bonds is 12. The summed E-state index contributed by atoms with van der Waals surface area (Å²) in [6, 6.07) is 28.9. The summed E-state index contributed by atoms with van der Waals surface area (Å²) in [4.78, 5) is 29.7. The van der Waals surface area contributed by atoms with E-state index in [9.17, 15) is 18.0 Å². The van der Waals surface area contributed by atoms with Crippen molar-refractivity contribution in [1.82, 2.24) is 10.2 Å². The van der Waals surface area contributed by atoms with Gasteiger partial charge in [0.15, 0.2) is 0 Å². The second kappa shape index (κ2) is 14.6. The first-order valence-corrected chi connectivity index (χ1v) is 16.3. The molecule has 0 fully saturated rings. The molecule has 0 aliphatic rings. The number of carbonyl (C=O) groups excluding carboxylic acids is 2. The van der Waals surface area contributed by atoms with Gasteiger partial charge in [-0.25, -0.2) is 8.42 Å². The zero-order chi connectivity index (χ0) is 31.9. The van der Waals surface area contributed by atoms with Crippen LogP contribution in [0.25, 0.3) is 0 Å². The van der Waals surface area contributed by atoms with E-state index < -0.39 is 28.5 Å². The van der Waals surface area contributed by atoms with Gasteiger partial charge in [-0.1, -0.05) is 78.3 Å². The van der Waals surface area contributed by atoms with E-state index in [0.29, 0.717) is 10.7 Å². The molecular weight excluding hydrogens is 594 g/mol. The van der Waals surface area contributed by atoms with Gasteiger partial charge in [0.2, 0.25) is 11.8 Å². The van der Waals surface area contributed by atoms with Gasteiger partial charge < -0.3 is 10.2 Å². The highest BCUT2D eigenvalue weighted by atomic mass is 35.5. The quantitative estimate of drug-likeness (QED) is 0.198. The molecule has 0 aromatic heterocycles. The van der Waals surface area contributed by atoms with Crippen LogP contribution in [0.1, 0.15) is 36.1 Å². The first-order valence-electron chi connectivity index (χ1n) is 14.5. The number of benzene rings is 4. The number of nitrogens with zero attached hydrogens (tertiary/aromatic N) is 2. The van der Waals surface area contributed by atoms with Crippen LogP contribution in [-0.2, 0) is 32.6 Å². The summed E-state index contributed by atoms with van der Waals surface area (Å²) in [6.07, 6.45) is 0.255. The van der Waals surface area contributed by atoms with Crippen molar-refractivity contribution in [1.29, 1.82) is 0 Å². The average Bonchev–Trinajstić information content (AvgIpc) is 3.00. The molecule has 0 aliphatic carbocycles. The van der Waals surface area contributed by atoms with E-state index in [4.69, 9.17) is 11.6 Å². The highest BCUT2D eigenvalue weighted by Crippen LogP contribution is 2.27. The lowest BCUT2D eigenvalue weighted by Crippen LogP contribution is -2.54. The van der Waals surface area contributed by atoms with Crippen molar-refractivity contribution in [2.45, 2.75) is 57.6 Å². The Hall–Kier alpha value is -4.14. The topological polar surface area (TPSA) is 86.8 Å². The summed E-state index contributed by atoms with van der Waals surface area (Å²) in [5.74, 6) is -0.823. The molecule has 4 aromatic rings. The molecular formula is C35H38ClN3O4S. The van der Waals surface area contributed by atoms with Crippen LogP contribution in [0.15, 0.2) is 108 Å². The van der Waals surface area contributed by atoms with Crippen LogP contribution in [0.4, 0.5) is 5.69 Å².